The molecule has 0 radical (unpaired) electrons. The van der Waals surface area contributed by atoms with Gasteiger partial charge in [0.05, 0.1) is 12.6 Å². The van der Waals surface area contributed by atoms with Crippen molar-refractivity contribution in [1.82, 2.24) is 20.1 Å². The zero-order valence-corrected chi connectivity index (χ0v) is 11.3. The molecule has 1 aromatic carbocycles. The molecule has 0 aliphatic carbocycles. The lowest BCUT2D eigenvalue weighted by Gasteiger charge is -2.25. The minimum Gasteiger partial charge on any atom is -0.387 e. The number of rotatable bonds is 4. The molecule has 0 fully saturated rings. The summed E-state index contributed by atoms with van der Waals surface area (Å²) in [7, 11) is 0. The quantitative estimate of drug-likeness (QED) is 0.889. The molecule has 2 heterocycles. The Morgan fingerprint density at radius 3 is 3.05 bits per heavy atom. The molecule has 0 bridgehead atoms. The number of aliphatic hydroxyl groups is 1. The van der Waals surface area contributed by atoms with E-state index >= 15 is 0 Å². The van der Waals surface area contributed by atoms with Gasteiger partial charge in [-0.2, -0.15) is 5.10 Å². The Bertz CT molecular complexity index is 631. The van der Waals surface area contributed by atoms with Crippen LogP contribution in [0, 0.1) is 11.6 Å². The van der Waals surface area contributed by atoms with Crippen molar-refractivity contribution in [3.8, 4) is 0 Å². The Morgan fingerprint density at radius 1 is 1.38 bits per heavy atom. The smallest absolute Gasteiger partial charge is 0.159 e. The van der Waals surface area contributed by atoms with Crippen molar-refractivity contribution in [2.75, 3.05) is 6.54 Å². The van der Waals surface area contributed by atoms with Crippen molar-refractivity contribution >= 4 is 0 Å². The number of hydrogen-bond acceptors (Lipinski definition) is 4. The number of fused-ring (bicyclic) bond motifs is 1. The number of nitrogens with one attached hydrogen (secondary N) is 1. The van der Waals surface area contributed by atoms with Crippen molar-refractivity contribution in [2.24, 2.45) is 0 Å². The first kappa shape index (κ1) is 14.1. The molecule has 1 aromatic heterocycles. The van der Waals surface area contributed by atoms with E-state index in [1.54, 1.807) is 0 Å². The van der Waals surface area contributed by atoms with E-state index in [4.69, 9.17) is 0 Å². The van der Waals surface area contributed by atoms with E-state index in [-0.39, 0.29) is 12.6 Å². The number of hydrogen-bond donors (Lipinski definition) is 2. The van der Waals surface area contributed by atoms with Crippen LogP contribution >= 0.6 is 0 Å². The van der Waals surface area contributed by atoms with Crippen molar-refractivity contribution in [3.63, 3.8) is 0 Å². The van der Waals surface area contributed by atoms with Crippen molar-refractivity contribution < 1.29 is 13.9 Å². The molecule has 0 spiro atoms. The second-order valence-electron chi connectivity index (χ2n) is 5.19. The summed E-state index contributed by atoms with van der Waals surface area (Å²) in [5.41, 5.74) is 0.360. The Labute approximate surface area is 120 Å². The third-order valence-electron chi connectivity index (χ3n) is 3.73. The molecule has 21 heavy (non-hydrogen) atoms. The van der Waals surface area contributed by atoms with Gasteiger partial charge in [-0.1, -0.05) is 6.07 Å². The molecule has 2 atom stereocenters. The highest BCUT2D eigenvalue weighted by molar-refractivity contribution is 5.20. The van der Waals surface area contributed by atoms with Crippen LogP contribution < -0.4 is 5.32 Å². The van der Waals surface area contributed by atoms with E-state index in [1.807, 2.05) is 4.68 Å². The number of aromatic nitrogens is 3. The standard InChI is InChI=1S/C14H16F2N4O/c15-11-3-1-9(5-12(11)16)13(21)6-17-10-2-4-14-18-8-19-20(14)7-10/h1,3,5,8,10,13,17,21H,2,4,6-7H2/t10-,13+/m0/s1. The van der Waals surface area contributed by atoms with Crippen molar-refractivity contribution in [1.29, 1.82) is 0 Å². The molecule has 0 saturated carbocycles. The molecule has 0 unspecified atom stereocenters. The Kier molecular flexibility index (Phi) is 3.94. The molecule has 0 saturated heterocycles. The Hall–Kier alpha value is -1.86. The second kappa shape index (κ2) is 5.87. The van der Waals surface area contributed by atoms with E-state index in [1.165, 1.54) is 12.4 Å². The van der Waals surface area contributed by atoms with Gasteiger partial charge in [0, 0.05) is 19.0 Å². The molecule has 112 valence electrons. The molecule has 1 aliphatic heterocycles. The van der Waals surface area contributed by atoms with Gasteiger partial charge in [-0.15, -0.1) is 0 Å². The lowest BCUT2D eigenvalue weighted by atomic mass is 10.1. The van der Waals surface area contributed by atoms with E-state index in [0.29, 0.717) is 12.1 Å². The van der Waals surface area contributed by atoms with Crippen molar-refractivity contribution in [3.05, 3.63) is 47.5 Å². The normalized spacial score (nSPS) is 19.3. The van der Waals surface area contributed by atoms with Gasteiger partial charge in [-0.05, 0) is 24.1 Å². The van der Waals surface area contributed by atoms with Gasteiger partial charge in [0.2, 0.25) is 0 Å². The van der Waals surface area contributed by atoms with E-state index in [9.17, 15) is 13.9 Å². The van der Waals surface area contributed by atoms with Crippen LogP contribution in [0.1, 0.15) is 23.9 Å². The summed E-state index contributed by atoms with van der Waals surface area (Å²) in [5, 5.41) is 17.4. The van der Waals surface area contributed by atoms with Gasteiger partial charge in [-0.3, -0.25) is 0 Å². The Balaban J connectivity index is 1.56. The van der Waals surface area contributed by atoms with Crippen LogP contribution in [0.4, 0.5) is 8.78 Å². The summed E-state index contributed by atoms with van der Waals surface area (Å²) in [6.07, 6.45) is 2.40. The highest BCUT2D eigenvalue weighted by Crippen LogP contribution is 2.17. The van der Waals surface area contributed by atoms with Crippen LogP contribution in [0.25, 0.3) is 0 Å². The van der Waals surface area contributed by atoms with Crippen LogP contribution in [0.2, 0.25) is 0 Å². The third-order valence-corrected chi connectivity index (χ3v) is 3.73. The van der Waals surface area contributed by atoms with Gasteiger partial charge < -0.3 is 10.4 Å². The number of halogens is 2. The average molecular weight is 294 g/mol. The fraction of sp³-hybridized carbons (Fsp3) is 0.429. The molecule has 7 heteroatoms. The fourth-order valence-electron chi connectivity index (χ4n) is 2.52. The summed E-state index contributed by atoms with van der Waals surface area (Å²) < 4.78 is 27.8. The van der Waals surface area contributed by atoms with Crippen LogP contribution in [0.15, 0.2) is 24.5 Å². The second-order valence-corrected chi connectivity index (χ2v) is 5.19. The molecule has 5 nitrogen and oxygen atoms in total. The number of aryl methyl sites for hydroxylation is 1. The molecular weight excluding hydrogens is 278 g/mol. The van der Waals surface area contributed by atoms with Gasteiger partial charge in [0.1, 0.15) is 12.2 Å². The van der Waals surface area contributed by atoms with E-state index < -0.39 is 17.7 Å². The van der Waals surface area contributed by atoms with Crippen LogP contribution in [-0.4, -0.2) is 32.5 Å². The number of aliphatic hydroxyl groups excluding tert-OH is 1. The van der Waals surface area contributed by atoms with Gasteiger partial charge >= 0.3 is 0 Å². The maximum Gasteiger partial charge on any atom is 0.159 e. The lowest BCUT2D eigenvalue weighted by Crippen LogP contribution is -2.39. The van der Waals surface area contributed by atoms with Crippen molar-refractivity contribution in [2.45, 2.75) is 31.5 Å². The van der Waals surface area contributed by atoms with E-state index in [2.05, 4.69) is 15.4 Å². The summed E-state index contributed by atoms with van der Waals surface area (Å²) in [5.74, 6) is -0.893. The summed E-state index contributed by atoms with van der Waals surface area (Å²) in [4.78, 5) is 4.15. The molecule has 0 amide bonds. The molecule has 2 N–H and O–H groups in total. The molecule has 2 aromatic rings. The zero-order chi connectivity index (χ0) is 14.8. The van der Waals surface area contributed by atoms with E-state index in [0.717, 1.165) is 30.8 Å². The average Bonchev–Trinajstić information content (AvgIpc) is 2.95. The minimum absolute atomic E-state index is 0.180. The summed E-state index contributed by atoms with van der Waals surface area (Å²) in [6, 6.07) is 3.62. The maximum atomic E-state index is 13.1. The first-order valence-electron chi connectivity index (χ1n) is 6.86. The summed E-state index contributed by atoms with van der Waals surface area (Å²) >= 11 is 0. The topological polar surface area (TPSA) is 63.0 Å². The molecular formula is C14H16F2N4O. The number of benzene rings is 1. The minimum atomic E-state index is -0.948. The largest absolute Gasteiger partial charge is 0.387 e. The highest BCUT2D eigenvalue weighted by Gasteiger charge is 2.20. The monoisotopic (exact) mass is 294 g/mol. The maximum absolute atomic E-state index is 13.1. The number of nitrogens with zero attached hydrogens (tertiary/aromatic N) is 3. The molecule has 1 aliphatic rings. The highest BCUT2D eigenvalue weighted by atomic mass is 19.2. The first-order chi connectivity index (χ1) is 10.1. The van der Waals surface area contributed by atoms with Gasteiger partial charge in [0.25, 0.3) is 0 Å². The zero-order valence-electron chi connectivity index (χ0n) is 11.3. The first-order valence-corrected chi connectivity index (χ1v) is 6.86. The van der Waals surface area contributed by atoms with Crippen LogP contribution in [0.5, 0.6) is 0 Å². The fourth-order valence-corrected chi connectivity index (χ4v) is 2.52. The van der Waals surface area contributed by atoms with Gasteiger partial charge in [-0.25, -0.2) is 18.4 Å². The predicted molar refractivity (Wildman–Crippen MR) is 71.5 cm³/mol. The lowest BCUT2D eigenvalue weighted by molar-refractivity contribution is 0.164. The van der Waals surface area contributed by atoms with Gasteiger partial charge in [0.15, 0.2) is 11.6 Å². The van der Waals surface area contributed by atoms with Crippen LogP contribution in [0.3, 0.4) is 0 Å². The van der Waals surface area contributed by atoms with Crippen LogP contribution in [-0.2, 0) is 13.0 Å². The third kappa shape index (κ3) is 3.08. The summed E-state index contributed by atoms with van der Waals surface area (Å²) in [6.45, 7) is 0.972. The molecule has 3 rings (SSSR count). The predicted octanol–water partition coefficient (Wildman–Crippen LogP) is 1.19. The Morgan fingerprint density at radius 2 is 2.24 bits per heavy atom. The SMILES string of the molecule is O[C@H](CN[C@H]1CCc2ncnn2C1)c1ccc(F)c(F)c1.